The molecule has 1 unspecified atom stereocenters. The highest BCUT2D eigenvalue weighted by atomic mass is 16.5. The Kier molecular flexibility index (Phi) is 1.75. The molecule has 3 N–H and O–H groups in total. The summed E-state index contributed by atoms with van der Waals surface area (Å²) in [5, 5.41) is 0. The standard InChI is InChI=1S/C6H14N2O/c1-6(2)3-5(8-7)4-9-6/h5,8H,3-4,7H2,1-2H3. The highest BCUT2D eigenvalue weighted by Gasteiger charge is 2.30. The Morgan fingerprint density at radius 3 is 2.56 bits per heavy atom. The van der Waals surface area contributed by atoms with Crippen LogP contribution in [0.4, 0.5) is 0 Å². The molecular weight excluding hydrogens is 116 g/mol. The topological polar surface area (TPSA) is 47.3 Å². The van der Waals surface area contributed by atoms with Gasteiger partial charge in [-0.3, -0.25) is 11.3 Å². The summed E-state index contributed by atoms with van der Waals surface area (Å²) in [6, 6.07) is 0.347. The van der Waals surface area contributed by atoms with Gasteiger partial charge in [0.1, 0.15) is 0 Å². The predicted octanol–water partition coefficient (Wildman–Crippen LogP) is 0.0172. The number of nitrogens with two attached hydrogens (primary N) is 1. The average molecular weight is 130 g/mol. The first-order valence-electron chi connectivity index (χ1n) is 3.24. The van der Waals surface area contributed by atoms with E-state index >= 15 is 0 Å². The molecule has 54 valence electrons. The van der Waals surface area contributed by atoms with Crippen LogP contribution in [0.25, 0.3) is 0 Å². The monoisotopic (exact) mass is 130 g/mol. The normalized spacial score (nSPS) is 33.0. The lowest BCUT2D eigenvalue weighted by Gasteiger charge is -2.15. The minimum atomic E-state index is 0.0248. The van der Waals surface area contributed by atoms with Gasteiger partial charge in [0.05, 0.1) is 12.2 Å². The van der Waals surface area contributed by atoms with E-state index in [0.717, 1.165) is 13.0 Å². The van der Waals surface area contributed by atoms with Gasteiger partial charge >= 0.3 is 0 Å². The van der Waals surface area contributed by atoms with E-state index in [0.29, 0.717) is 6.04 Å². The molecule has 3 nitrogen and oxygen atoms in total. The Labute approximate surface area is 55.5 Å². The van der Waals surface area contributed by atoms with E-state index in [2.05, 4.69) is 19.3 Å². The first-order chi connectivity index (χ1) is 4.14. The molecule has 9 heavy (non-hydrogen) atoms. The highest BCUT2D eigenvalue weighted by Crippen LogP contribution is 2.23. The van der Waals surface area contributed by atoms with E-state index in [1.54, 1.807) is 0 Å². The molecule has 3 heteroatoms. The predicted molar refractivity (Wildman–Crippen MR) is 35.8 cm³/mol. The molecule has 0 spiro atoms. The van der Waals surface area contributed by atoms with Crippen LogP contribution in [0.15, 0.2) is 0 Å². The number of rotatable bonds is 1. The number of ether oxygens (including phenoxy) is 1. The summed E-state index contributed by atoms with van der Waals surface area (Å²) < 4.78 is 5.40. The van der Waals surface area contributed by atoms with Crippen LogP contribution in [-0.4, -0.2) is 18.2 Å². The van der Waals surface area contributed by atoms with Crippen LogP contribution in [0, 0.1) is 0 Å². The van der Waals surface area contributed by atoms with Crippen molar-refractivity contribution in [2.24, 2.45) is 5.84 Å². The Morgan fingerprint density at radius 1 is 1.67 bits per heavy atom. The maximum Gasteiger partial charge on any atom is 0.0643 e. The summed E-state index contributed by atoms with van der Waals surface area (Å²) in [6.07, 6.45) is 1.00. The van der Waals surface area contributed by atoms with Crippen molar-refractivity contribution in [3.05, 3.63) is 0 Å². The maximum atomic E-state index is 5.40. The molecule has 0 bridgehead atoms. The molecule has 1 saturated heterocycles. The second kappa shape index (κ2) is 2.25. The van der Waals surface area contributed by atoms with Gasteiger partial charge in [0.15, 0.2) is 0 Å². The van der Waals surface area contributed by atoms with E-state index in [1.807, 2.05) is 0 Å². The van der Waals surface area contributed by atoms with Crippen molar-refractivity contribution < 1.29 is 4.74 Å². The van der Waals surface area contributed by atoms with Gasteiger partial charge in [-0.15, -0.1) is 0 Å². The van der Waals surface area contributed by atoms with Crippen LogP contribution < -0.4 is 11.3 Å². The number of nitrogens with one attached hydrogen (secondary N) is 1. The van der Waals surface area contributed by atoms with Gasteiger partial charge in [-0.1, -0.05) is 0 Å². The Morgan fingerprint density at radius 2 is 2.33 bits per heavy atom. The van der Waals surface area contributed by atoms with Gasteiger partial charge in [0.25, 0.3) is 0 Å². The van der Waals surface area contributed by atoms with Crippen LogP contribution in [-0.2, 0) is 4.74 Å². The number of hydrogen-bond donors (Lipinski definition) is 2. The van der Waals surface area contributed by atoms with E-state index in [9.17, 15) is 0 Å². The zero-order chi connectivity index (χ0) is 6.91. The van der Waals surface area contributed by atoms with Crippen LogP contribution >= 0.6 is 0 Å². The fourth-order valence-electron chi connectivity index (χ4n) is 1.14. The van der Waals surface area contributed by atoms with E-state index in [4.69, 9.17) is 10.6 Å². The van der Waals surface area contributed by atoms with Gasteiger partial charge in [-0.2, -0.15) is 0 Å². The van der Waals surface area contributed by atoms with Crippen LogP contribution in [0.1, 0.15) is 20.3 Å². The lowest BCUT2D eigenvalue weighted by Crippen LogP contribution is -2.35. The van der Waals surface area contributed by atoms with Gasteiger partial charge < -0.3 is 4.74 Å². The molecule has 0 aromatic heterocycles. The van der Waals surface area contributed by atoms with Gasteiger partial charge in [-0.25, -0.2) is 0 Å². The molecule has 1 rings (SSSR count). The van der Waals surface area contributed by atoms with Crippen LogP contribution in [0.2, 0.25) is 0 Å². The van der Waals surface area contributed by atoms with Crippen LogP contribution in [0.5, 0.6) is 0 Å². The second-order valence-electron chi connectivity index (χ2n) is 3.14. The molecule has 1 fully saturated rings. The molecule has 0 saturated carbocycles. The van der Waals surface area contributed by atoms with Crippen molar-refractivity contribution in [3.8, 4) is 0 Å². The summed E-state index contributed by atoms with van der Waals surface area (Å²) in [7, 11) is 0. The average Bonchev–Trinajstić information content (AvgIpc) is 2.10. The van der Waals surface area contributed by atoms with E-state index in [1.165, 1.54) is 0 Å². The van der Waals surface area contributed by atoms with E-state index in [-0.39, 0.29) is 5.60 Å². The number of hydrazine groups is 1. The van der Waals surface area contributed by atoms with Crippen LogP contribution in [0.3, 0.4) is 0 Å². The molecule has 1 atom stereocenters. The first-order valence-corrected chi connectivity index (χ1v) is 3.24. The summed E-state index contributed by atoms with van der Waals surface area (Å²) in [4.78, 5) is 0. The third-order valence-corrected chi connectivity index (χ3v) is 1.65. The molecule has 1 aliphatic rings. The third kappa shape index (κ3) is 1.64. The Bertz CT molecular complexity index is 103. The minimum absolute atomic E-state index is 0.0248. The molecule has 0 aromatic carbocycles. The van der Waals surface area contributed by atoms with Crippen molar-refractivity contribution in [3.63, 3.8) is 0 Å². The summed E-state index contributed by atoms with van der Waals surface area (Å²) in [6.45, 7) is 4.89. The molecule has 0 aliphatic carbocycles. The second-order valence-corrected chi connectivity index (χ2v) is 3.14. The fourth-order valence-corrected chi connectivity index (χ4v) is 1.14. The lowest BCUT2D eigenvalue weighted by molar-refractivity contribution is 0.0357. The van der Waals surface area contributed by atoms with Gasteiger partial charge in [0.2, 0.25) is 0 Å². The lowest BCUT2D eigenvalue weighted by atomic mass is 10.0. The molecule has 0 aromatic rings. The smallest absolute Gasteiger partial charge is 0.0643 e. The fraction of sp³-hybridized carbons (Fsp3) is 1.00. The quantitative estimate of drug-likeness (QED) is 0.388. The first kappa shape index (κ1) is 6.99. The molecule has 1 heterocycles. The minimum Gasteiger partial charge on any atom is -0.374 e. The summed E-state index contributed by atoms with van der Waals surface area (Å²) in [5.41, 5.74) is 2.72. The molecule has 0 radical (unpaired) electrons. The van der Waals surface area contributed by atoms with Gasteiger partial charge in [0, 0.05) is 6.04 Å². The summed E-state index contributed by atoms with van der Waals surface area (Å²) in [5.74, 6) is 5.22. The zero-order valence-corrected chi connectivity index (χ0v) is 5.98. The van der Waals surface area contributed by atoms with Gasteiger partial charge in [-0.05, 0) is 20.3 Å². The molecule has 1 aliphatic heterocycles. The SMILES string of the molecule is CC1(C)CC(NN)CO1. The van der Waals surface area contributed by atoms with Crippen molar-refractivity contribution in [1.29, 1.82) is 0 Å². The van der Waals surface area contributed by atoms with Crippen molar-refractivity contribution in [1.82, 2.24) is 5.43 Å². The summed E-state index contributed by atoms with van der Waals surface area (Å²) >= 11 is 0. The highest BCUT2D eigenvalue weighted by molar-refractivity contribution is 4.83. The van der Waals surface area contributed by atoms with Crippen molar-refractivity contribution in [2.75, 3.05) is 6.61 Å². The number of hydrogen-bond acceptors (Lipinski definition) is 3. The molecule has 0 amide bonds. The zero-order valence-electron chi connectivity index (χ0n) is 5.98. The molecular formula is C6H14N2O. The largest absolute Gasteiger partial charge is 0.374 e. The Balaban J connectivity index is 2.38. The maximum absolute atomic E-state index is 5.40. The van der Waals surface area contributed by atoms with E-state index < -0.39 is 0 Å². The third-order valence-electron chi connectivity index (χ3n) is 1.65. The van der Waals surface area contributed by atoms with Crippen molar-refractivity contribution >= 4 is 0 Å². The Hall–Kier alpha value is -0.120. The van der Waals surface area contributed by atoms with Crippen molar-refractivity contribution in [2.45, 2.75) is 31.9 Å².